The Morgan fingerprint density at radius 3 is 1.21 bits per heavy atom. The van der Waals surface area contributed by atoms with Crippen LogP contribution in [0.3, 0.4) is 0 Å². The molecule has 0 aliphatic carbocycles. The number of nitrogens with two attached hydrogens (primary N) is 6. The topological polar surface area (TPSA) is 582 Å². The number of nitrogen functional groups attached to an aromatic ring is 6. The lowest BCUT2D eigenvalue weighted by Crippen LogP contribution is -2.38. The van der Waals surface area contributed by atoms with Crippen LogP contribution in [0.5, 0.6) is 0 Å². The summed E-state index contributed by atoms with van der Waals surface area (Å²) in [5, 5.41) is 44.6. The normalized spacial score (nSPS) is 30.9. The molecular formula is C30H38N18O19P3-3. The number of imidazole rings is 3. The van der Waals surface area contributed by atoms with E-state index in [0.717, 1.165) is 32.7 Å². The molecule has 70 heavy (non-hydrogen) atoms. The molecule has 17 N–H and O–H groups in total. The summed E-state index contributed by atoms with van der Waals surface area (Å²) in [6.45, 7) is -3.32. The largest absolute Gasteiger partial charge is 0.756 e. The second-order valence-electron chi connectivity index (χ2n) is 15.4. The van der Waals surface area contributed by atoms with Crippen LogP contribution in [0.2, 0.25) is 0 Å². The molecule has 380 valence electrons. The summed E-state index contributed by atoms with van der Waals surface area (Å²) in [5.74, 6) is -1.61. The van der Waals surface area contributed by atoms with E-state index in [-0.39, 0.29) is 56.9 Å². The van der Waals surface area contributed by atoms with E-state index in [1.807, 2.05) is 0 Å². The molecule has 6 aromatic rings. The van der Waals surface area contributed by atoms with Crippen LogP contribution in [-0.4, -0.2) is 159 Å². The Kier molecular flexibility index (Phi) is 12.9. The molecule has 0 spiro atoms. The van der Waals surface area contributed by atoms with Crippen molar-refractivity contribution >= 4 is 92.3 Å². The van der Waals surface area contributed by atoms with Gasteiger partial charge in [-0.2, -0.15) is 0 Å². The van der Waals surface area contributed by atoms with Gasteiger partial charge in [0, 0.05) is 0 Å². The Hall–Kier alpha value is -5.50. The van der Waals surface area contributed by atoms with Crippen molar-refractivity contribution in [2.24, 2.45) is 0 Å². The van der Waals surface area contributed by atoms with Crippen LogP contribution >= 0.6 is 23.5 Å². The summed E-state index contributed by atoms with van der Waals surface area (Å²) in [6.07, 6.45) is -19.5. The van der Waals surface area contributed by atoms with Gasteiger partial charge in [-0.25, -0.2) is 44.9 Å². The lowest BCUT2D eigenvalue weighted by atomic mass is 10.1. The second kappa shape index (κ2) is 18.3. The predicted octanol–water partition coefficient (Wildman–Crippen LogP) is -6.65. The minimum atomic E-state index is -5.80. The van der Waals surface area contributed by atoms with Crippen LogP contribution in [-0.2, 0) is 50.5 Å². The van der Waals surface area contributed by atoms with Crippen molar-refractivity contribution in [3.05, 3.63) is 19.0 Å². The third-order valence-corrected chi connectivity index (χ3v) is 13.4. The second-order valence-corrected chi connectivity index (χ2v) is 19.3. The van der Waals surface area contributed by atoms with Crippen LogP contribution in [0.1, 0.15) is 18.7 Å². The van der Waals surface area contributed by atoms with Gasteiger partial charge in [0.05, 0.1) is 19.8 Å². The highest BCUT2D eigenvalue weighted by atomic mass is 31.2. The molecule has 3 aliphatic heterocycles. The van der Waals surface area contributed by atoms with Crippen molar-refractivity contribution < 1.29 is 90.5 Å². The maximum absolute atomic E-state index is 13.6. The number of phosphoric ester groups is 3. The number of aliphatic hydroxyl groups excluding tert-OH is 4. The molecule has 3 fully saturated rings. The molecule has 15 atom stereocenters. The summed E-state index contributed by atoms with van der Waals surface area (Å²) in [4.78, 5) is 83.4. The fourth-order valence-electron chi connectivity index (χ4n) is 7.87. The first-order chi connectivity index (χ1) is 32.9. The fourth-order valence-corrected chi connectivity index (χ4v) is 10.0. The predicted molar refractivity (Wildman–Crippen MR) is 221 cm³/mol. The zero-order chi connectivity index (χ0) is 50.4. The van der Waals surface area contributed by atoms with Crippen molar-refractivity contribution in [1.82, 2.24) is 58.6 Å². The zero-order valence-corrected chi connectivity index (χ0v) is 37.6. The van der Waals surface area contributed by atoms with Crippen molar-refractivity contribution in [2.75, 3.05) is 54.2 Å². The Bertz CT molecular complexity index is 3110. The molecule has 0 amide bonds. The van der Waals surface area contributed by atoms with E-state index < -0.39 is 129 Å². The SMILES string of the molecule is Nc1ncnc2c1nc(N)n2C1OC(COP(=O)([O-])OC2C(O)C(COP(=O)([O-])OC3C(O)C(COP(=O)([O-])O)OC3n3c(N)nc4c(N)ncnc43)OC2n2c(N)nc3c(N)ncnc32)C(O)C1O. The zero-order valence-electron chi connectivity index (χ0n) is 34.9. The van der Waals surface area contributed by atoms with E-state index in [1.54, 1.807) is 0 Å². The molecule has 15 unspecified atom stereocenters. The number of nitrogens with zero attached hydrogens (tertiary/aromatic N) is 12. The number of aliphatic hydroxyl groups is 4. The number of fused-ring (bicyclic) bond motifs is 3. The summed E-state index contributed by atoms with van der Waals surface area (Å²) < 4.78 is 83.9. The van der Waals surface area contributed by atoms with E-state index in [9.17, 15) is 53.7 Å². The van der Waals surface area contributed by atoms with Gasteiger partial charge in [-0.15, -0.1) is 0 Å². The van der Waals surface area contributed by atoms with E-state index >= 15 is 0 Å². The number of hydrogen-bond donors (Lipinski definition) is 11. The van der Waals surface area contributed by atoms with Crippen molar-refractivity contribution in [1.29, 1.82) is 0 Å². The maximum atomic E-state index is 13.6. The van der Waals surface area contributed by atoms with Gasteiger partial charge >= 0.3 is 0 Å². The quantitative estimate of drug-likeness (QED) is 0.0401. The molecule has 6 aromatic heterocycles. The average molecular weight is 1050 g/mol. The van der Waals surface area contributed by atoms with E-state index in [0.29, 0.717) is 0 Å². The summed E-state index contributed by atoms with van der Waals surface area (Å²) in [6, 6.07) is 0. The molecular weight excluding hydrogens is 1010 g/mol. The Morgan fingerprint density at radius 1 is 0.514 bits per heavy atom. The van der Waals surface area contributed by atoms with Crippen LogP contribution in [0, 0.1) is 0 Å². The third-order valence-electron chi connectivity index (χ3n) is 11.0. The molecule has 3 saturated heterocycles. The lowest BCUT2D eigenvalue weighted by molar-refractivity contribution is -0.238. The van der Waals surface area contributed by atoms with Gasteiger partial charge < -0.3 is 111 Å². The first-order valence-corrected chi connectivity index (χ1v) is 24.2. The highest BCUT2D eigenvalue weighted by molar-refractivity contribution is 7.46. The monoisotopic (exact) mass is 1050 g/mol. The van der Waals surface area contributed by atoms with Crippen molar-refractivity contribution in [2.45, 2.75) is 73.6 Å². The van der Waals surface area contributed by atoms with Gasteiger partial charge in [-0.05, 0) is 0 Å². The van der Waals surface area contributed by atoms with Crippen LogP contribution in [0.4, 0.5) is 35.3 Å². The highest BCUT2D eigenvalue weighted by Gasteiger charge is 2.52. The number of ether oxygens (including phenoxy) is 3. The molecule has 0 saturated carbocycles. The molecule has 0 aromatic carbocycles. The van der Waals surface area contributed by atoms with Crippen LogP contribution in [0.25, 0.3) is 33.5 Å². The van der Waals surface area contributed by atoms with Crippen LogP contribution in [0.15, 0.2) is 19.0 Å². The third kappa shape index (κ3) is 9.18. The molecule has 37 nitrogen and oxygen atoms in total. The van der Waals surface area contributed by atoms with Gasteiger partial charge in [0.2, 0.25) is 17.8 Å². The summed E-state index contributed by atoms with van der Waals surface area (Å²) in [5.41, 5.74) is 35.4. The first-order valence-electron chi connectivity index (χ1n) is 19.8. The van der Waals surface area contributed by atoms with Gasteiger partial charge in [0.15, 0.2) is 69.6 Å². The molecule has 9 heterocycles. The van der Waals surface area contributed by atoms with E-state index in [1.165, 1.54) is 0 Å². The smallest absolute Gasteiger partial charge is 0.268 e. The van der Waals surface area contributed by atoms with E-state index in [4.69, 9.17) is 66.7 Å². The Labute approximate surface area is 387 Å². The minimum absolute atomic E-state index is 0.000603. The van der Waals surface area contributed by atoms with Gasteiger partial charge in [0.1, 0.15) is 73.9 Å². The molecule has 0 radical (unpaired) electrons. The fraction of sp³-hybridized carbons (Fsp3) is 0.500. The highest BCUT2D eigenvalue weighted by Crippen LogP contribution is 2.51. The Balaban J connectivity index is 0.941. The molecule has 3 aliphatic rings. The van der Waals surface area contributed by atoms with Crippen molar-refractivity contribution in [3.63, 3.8) is 0 Å². The minimum Gasteiger partial charge on any atom is -0.756 e. The Morgan fingerprint density at radius 2 is 0.843 bits per heavy atom. The van der Waals surface area contributed by atoms with Gasteiger partial charge in [0.25, 0.3) is 23.5 Å². The van der Waals surface area contributed by atoms with Crippen LogP contribution < -0.4 is 49.1 Å². The average Bonchev–Trinajstić information content (AvgIpc) is 4.11. The van der Waals surface area contributed by atoms with Crippen molar-refractivity contribution in [3.8, 4) is 0 Å². The van der Waals surface area contributed by atoms with Gasteiger partial charge in [-0.3, -0.25) is 27.4 Å². The number of anilines is 6. The number of rotatable bonds is 16. The number of aromatic nitrogens is 12. The number of hydrogen-bond acceptors (Lipinski definition) is 33. The first kappa shape index (κ1) is 49.5. The molecule has 0 bridgehead atoms. The lowest BCUT2D eigenvalue weighted by Gasteiger charge is -2.31. The van der Waals surface area contributed by atoms with Gasteiger partial charge in [-0.1, -0.05) is 0 Å². The summed E-state index contributed by atoms with van der Waals surface area (Å²) >= 11 is 0. The summed E-state index contributed by atoms with van der Waals surface area (Å²) in [7, 11) is -16.9. The molecule has 40 heteroatoms. The van der Waals surface area contributed by atoms with E-state index in [2.05, 4.69) is 49.4 Å². The number of phosphoric acid groups is 3. The standard InChI is InChI=1S/C30H41N18O19P3/c31-19-10-22(40-4-37-19)46(28(34)43-10)25-16(52)13(49)7(63-25)2-61-69(56,57)67-18-15(51)9(65-27(18)48-24-12(45-30(48)36)21(33)39-6-42-24)3-62-70(58,59)66-17-14(50)8(1-60-68(53,54)55)64-26(17)47-23-11(44-29(47)35)20(32)38-5-41-23/h4-9,13-18,25-27,49-52H,1-3H2,(H2,34,43)(H2,35,44)(H2,36,45)(H,56,57)(H,58,59)(H2,31,37,40)(H2,32,38,41)(H2,33,39,42)(H2,53,54,55)/p-3. The molecule has 9 rings (SSSR count). The maximum Gasteiger partial charge on any atom is 0.268 e.